The van der Waals surface area contributed by atoms with E-state index in [4.69, 9.17) is 16.3 Å². The van der Waals surface area contributed by atoms with Gasteiger partial charge in [-0.2, -0.15) is 13.9 Å². The molecule has 1 aromatic heterocycles. The lowest BCUT2D eigenvalue weighted by Crippen LogP contribution is -2.13. The number of hydrogen-bond donors (Lipinski definition) is 1. The first-order valence-corrected chi connectivity index (χ1v) is 11.0. The van der Waals surface area contributed by atoms with E-state index in [0.717, 1.165) is 29.0 Å². The van der Waals surface area contributed by atoms with Crippen molar-refractivity contribution < 1.29 is 18.6 Å². The van der Waals surface area contributed by atoms with E-state index in [2.05, 4.69) is 5.10 Å². The molecule has 4 rings (SSSR count). The van der Waals surface area contributed by atoms with Crippen LogP contribution in [0.3, 0.4) is 0 Å². The predicted molar refractivity (Wildman–Crippen MR) is 125 cm³/mol. The van der Waals surface area contributed by atoms with Crippen LogP contribution in [0.25, 0.3) is 11.3 Å². The molecule has 0 bridgehead atoms. The van der Waals surface area contributed by atoms with E-state index >= 15 is 0 Å². The quantitative estimate of drug-likeness (QED) is 0.400. The summed E-state index contributed by atoms with van der Waals surface area (Å²) in [5, 5.41) is 15.7. The van der Waals surface area contributed by atoms with Crippen molar-refractivity contribution >= 4 is 20.8 Å². The SMILES string of the molecule is Oc1cc(OCC2=CC=C(Cl)CC2)ccc1-c1cc(C(F)(F)P)n(Cc2ccccc2)n1. The molecule has 166 valence electrons. The molecular weight excluding hydrogens is 453 g/mol. The number of phenols is 1. The Balaban J connectivity index is 1.56. The number of ether oxygens (including phenoxy) is 1. The molecule has 1 aliphatic carbocycles. The summed E-state index contributed by atoms with van der Waals surface area (Å²) in [5.41, 5.74) is -0.854. The molecule has 1 atom stereocenters. The van der Waals surface area contributed by atoms with Crippen molar-refractivity contribution in [1.29, 1.82) is 0 Å². The maximum Gasteiger partial charge on any atom is 0.299 e. The van der Waals surface area contributed by atoms with Gasteiger partial charge in [0.25, 0.3) is 5.66 Å². The highest BCUT2D eigenvalue weighted by atomic mass is 35.5. The van der Waals surface area contributed by atoms with Crippen molar-refractivity contribution in [3.8, 4) is 22.8 Å². The smallest absolute Gasteiger partial charge is 0.299 e. The largest absolute Gasteiger partial charge is 0.507 e. The average molecular weight is 475 g/mol. The van der Waals surface area contributed by atoms with Gasteiger partial charge in [0.2, 0.25) is 0 Å². The third kappa shape index (κ3) is 5.37. The minimum Gasteiger partial charge on any atom is -0.507 e. The van der Waals surface area contributed by atoms with Crippen LogP contribution in [-0.4, -0.2) is 21.5 Å². The Morgan fingerprint density at radius 2 is 1.88 bits per heavy atom. The zero-order valence-electron chi connectivity index (χ0n) is 17.1. The Kier molecular flexibility index (Phi) is 6.63. The highest BCUT2D eigenvalue weighted by Crippen LogP contribution is 2.39. The fraction of sp³-hybridized carbons (Fsp3) is 0.208. The Morgan fingerprint density at radius 3 is 2.53 bits per heavy atom. The molecular formula is C24H22ClF2N2O2P. The normalized spacial score (nSPS) is 14.1. The van der Waals surface area contributed by atoms with Crippen LogP contribution in [0.15, 0.2) is 77.4 Å². The van der Waals surface area contributed by atoms with Crippen LogP contribution in [-0.2, 0) is 12.2 Å². The molecule has 3 aromatic rings. The molecule has 0 saturated heterocycles. The van der Waals surface area contributed by atoms with Gasteiger partial charge in [-0.25, -0.2) is 0 Å². The van der Waals surface area contributed by atoms with Gasteiger partial charge in [-0.05, 0) is 48.3 Å². The van der Waals surface area contributed by atoms with Gasteiger partial charge < -0.3 is 9.84 Å². The van der Waals surface area contributed by atoms with Gasteiger partial charge in [0.1, 0.15) is 23.8 Å². The van der Waals surface area contributed by atoms with Crippen LogP contribution in [0.1, 0.15) is 24.1 Å². The van der Waals surface area contributed by atoms with Crippen LogP contribution >= 0.6 is 20.8 Å². The number of rotatable bonds is 7. The standard InChI is InChI=1S/C24H22ClF2N2O2P/c25-18-8-6-17(7-9-18)15-31-19-10-11-20(22(30)12-19)21-13-23(24(26,27)32)29(28-21)14-16-4-2-1-3-5-16/h1-6,8,10-13,30H,7,9,14-15,32H2. The lowest BCUT2D eigenvalue weighted by atomic mass is 10.1. The van der Waals surface area contributed by atoms with Gasteiger partial charge in [-0.3, -0.25) is 4.68 Å². The van der Waals surface area contributed by atoms with E-state index in [1.165, 1.54) is 16.8 Å². The van der Waals surface area contributed by atoms with Crippen LogP contribution in [0, 0.1) is 0 Å². The van der Waals surface area contributed by atoms with E-state index in [1.54, 1.807) is 21.4 Å². The molecule has 0 amide bonds. The molecule has 0 fully saturated rings. The van der Waals surface area contributed by atoms with Gasteiger partial charge in [0, 0.05) is 16.7 Å². The molecule has 0 saturated carbocycles. The fourth-order valence-electron chi connectivity index (χ4n) is 3.46. The number of aromatic nitrogens is 2. The molecule has 1 N–H and O–H groups in total. The molecule has 2 aromatic carbocycles. The second-order valence-electron chi connectivity index (χ2n) is 7.59. The summed E-state index contributed by atoms with van der Waals surface area (Å²) in [6.45, 7) is 0.574. The molecule has 0 spiro atoms. The van der Waals surface area contributed by atoms with Gasteiger partial charge in [0.15, 0.2) is 0 Å². The Hall–Kier alpha value is -2.69. The lowest BCUT2D eigenvalue weighted by molar-refractivity contribution is 0.0929. The van der Waals surface area contributed by atoms with Crippen molar-refractivity contribution in [2.24, 2.45) is 0 Å². The lowest BCUT2D eigenvalue weighted by Gasteiger charge is -2.13. The summed E-state index contributed by atoms with van der Waals surface area (Å²) in [6.07, 6.45) is 5.40. The average Bonchev–Trinajstić information content (AvgIpc) is 3.18. The summed E-state index contributed by atoms with van der Waals surface area (Å²) in [4.78, 5) is 0. The number of allylic oxidation sites excluding steroid dienone is 3. The van der Waals surface area contributed by atoms with Crippen molar-refractivity contribution in [2.45, 2.75) is 25.1 Å². The predicted octanol–water partition coefficient (Wildman–Crippen LogP) is 6.45. The number of aromatic hydroxyl groups is 1. The number of alkyl halides is 2. The molecule has 1 heterocycles. The summed E-state index contributed by atoms with van der Waals surface area (Å²) < 4.78 is 35.5. The number of phenolic OH excluding ortho intramolecular Hbond substituents is 1. The number of hydrogen-bond acceptors (Lipinski definition) is 3. The van der Waals surface area contributed by atoms with Crippen molar-refractivity contribution in [3.05, 3.63) is 88.6 Å². The van der Waals surface area contributed by atoms with Crippen LogP contribution in [0.2, 0.25) is 0 Å². The summed E-state index contributed by atoms with van der Waals surface area (Å²) in [6, 6.07) is 15.3. The van der Waals surface area contributed by atoms with Crippen LogP contribution < -0.4 is 4.74 Å². The highest BCUT2D eigenvalue weighted by molar-refractivity contribution is 7.17. The fourth-order valence-corrected chi connectivity index (χ4v) is 3.85. The first-order valence-electron chi connectivity index (χ1n) is 10.1. The van der Waals surface area contributed by atoms with E-state index in [-0.39, 0.29) is 23.7 Å². The summed E-state index contributed by atoms with van der Waals surface area (Å²) in [7, 11) is 1.55. The van der Waals surface area contributed by atoms with Crippen molar-refractivity contribution in [2.75, 3.05) is 6.61 Å². The third-order valence-electron chi connectivity index (χ3n) is 5.15. The molecule has 1 unspecified atom stereocenters. The van der Waals surface area contributed by atoms with E-state index in [9.17, 15) is 13.9 Å². The third-order valence-corrected chi connectivity index (χ3v) is 5.76. The Bertz CT molecular complexity index is 1170. The maximum absolute atomic E-state index is 14.2. The first kappa shape index (κ1) is 22.5. The van der Waals surface area contributed by atoms with Gasteiger partial charge in [-0.15, -0.1) is 0 Å². The number of halogens is 3. The Morgan fingerprint density at radius 1 is 1.09 bits per heavy atom. The van der Waals surface area contributed by atoms with Gasteiger partial charge in [0.05, 0.1) is 12.2 Å². The first-order chi connectivity index (χ1) is 15.3. The molecule has 1 aliphatic rings. The summed E-state index contributed by atoms with van der Waals surface area (Å²) in [5.74, 6) is 0.388. The topological polar surface area (TPSA) is 47.3 Å². The minimum absolute atomic E-state index is 0.0916. The van der Waals surface area contributed by atoms with Gasteiger partial charge in [-0.1, -0.05) is 57.2 Å². The molecule has 32 heavy (non-hydrogen) atoms. The minimum atomic E-state index is -3.16. The molecule has 0 aliphatic heterocycles. The number of benzene rings is 2. The molecule has 8 heteroatoms. The van der Waals surface area contributed by atoms with Crippen LogP contribution in [0.5, 0.6) is 11.5 Å². The molecule has 4 nitrogen and oxygen atoms in total. The van der Waals surface area contributed by atoms with E-state index in [0.29, 0.717) is 17.9 Å². The zero-order valence-corrected chi connectivity index (χ0v) is 19.1. The van der Waals surface area contributed by atoms with Gasteiger partial charge >= 0.3 is 0 Å². The second kappa shape index (κ2) is 9.43. The monoisotopic (exact) mass is 474 g/mol. The molecule has 0 radical (unpaired) electrons. The highest BCUT2D eigenvalue weighted by Gasteiger charge is 2.31. The maximum atomic E-state index is 14.2. The van der Waals surface area contributed by atoms with E-state index in [1.807, 2.05) is 42.5 Å². The zero-order chi connectivity index (χ0) is 22.7. The number of nitrogens with zero attached hydrogens (tertiary/aromatic N) is 2. The Labute approximate surface area is 192 Å². The van der Waals surface area contributed by atoms with Crippen molar-refractivity contribution in [3.63, 3.8) is 0 Å². The van der Waals surface area contributed by atoms with E-state index < -0.39 is 5.66 Å². The second-order valence-corrected chi connectivity index (χ2v) is 8.80. The van der Waals surface area contributed by atoms with Crippen LogP contribution in [0.4, 0.5) is 8.78 Å². The van der Waals surface area contributed by atoms with Crippen molar-refractivity contribution in [1.82, 2.24) is 9.78 Å². The summed E-state index contributed by atoms with van der Waals surface area (Å²) >= 11 is 5.97.